The van der Waals surface area contributed by atoms with E-state index in [2.05, 4.69) is 10.3 Å². The standard InChI is InChI=1S/C13H17N3O2/c1-13(2,3)18-12(17)16-9-10(8-14)11-6-4-5-7-15-11/h4-9,14H,1-3H3,(H,16,17)/b10-9+,14-8?. The van der Waals surface area contributed by atoms with E-state index in [9.17, 15) is 4.79 Å². The number of hydrogen-bond donors (Lipinski definition) is 2. The van der Waals surface area contributed by atoms with Crippen LogP contribution < -0.4 is 5.32 Å². The molecule has 0 atom stereocenters. The van der Waals surface area contributed by atoms with Gasteiger partial charge in [0.25, 0.3) is 0 Å². The van der Waals surface area contributed by atoms with Gasteiger partial charge in [0, 0.05) is 24.2 Å². The van der Waals surface area contributed by atoms with E-state index in [0.29, 0.717) is 11.3 Å². The molecule has 0 bridgehead atoms. The van der Waals surface area contributed by atoms with Crippen molar-refractivity contribution < 1.29 is 9.53 Å². The summed E-state index contributed by atoms with van der Waals surface area (Å²) in [7, 11) is 0. The first-order valence-electron chi connectivity index (χ1n) is 5.54. The lowest BCUT2D eigenvalue weighted by atomic mass is 10.2. The highest BCUT2D eigenvalue weighted by atomic mass is 16.6. The Morgan fingerprint density at radius 1 is 1.44 bits per heavy atom. The zero-order valence-electron chi connectivity index (χ0n) is 10.7. The highest BCUT2D eigenvalue weighted by molar-refractivity contribution is 6.07. The van der Waals surface area contributed by atoms with Gasteiger partial charge in [-0.1, -0.05) is 6.07 Å². The van der Waals surface area contributed by atoms with Gasteiger partial charge < -0.3 is 10.1 Å². The number of allylic oxidation sites excluding steroid dienone is 1. The molecule has 1 rings (SSSR count). The number of nitrogens with zero attached hydrogens (tertiary/aromatic N) is 1. The minimum absolute atomic E-state index is 0.501. The molecule has 0 fully saturated rings. The largest absolute Gasteiger partial charge is 0.444 e. The average Bonchev–Trinajstić information content (AvgIpc) is 2.29. The Labute approximate surface area is 106 Å². The molecule has 18 heavy (non-hydrogen) atoms. The lowest BCUT2D eigenvalue weighted by molar-refractivity contribution is 0.0552. The van der Waals surface area contributed by atoms with Gasteiger partial charge in [0.05, 0.1) is 5.69 Å². The van der Waals surface area contributed by atoms with Crippen molar-refractivity contribution in [1.29, 1.82) is 5.41 Å². The summed E-state index contributed by atoms with van der Waals surface area (Å²) in [6.07, 6.45) is 3.60. The van der Waals surface area contributed by atoms with Crippen LogP contribution in [0, 0.1) is 5.41 Å². The Kier molecular flexibility index (Phi) is 4.59. The number of aromatic nitrogens is 1. The first kappa shape index (κ1) is 13.9. The summed E-state index contributed by atoms with van der Waals surface area (Å²) < 4.78 is 5.08. The van der Waals surface area contributed by atoms with Crippen LogP contribution >= 0.6 is 0 Å². The highest BCUT2D eigenvalue weighted by Crippen LogP contribution is 2.08. The van der Waals surface area contributed by atoms with E-state index in [0.717, 1.165) is 6.21 Å². The molecule has 96 valence electrons. The highest BCUT2D eigenvalue weighted by Gasteiger charge is 2.15. The molecule has 1 aromatic rings. The van der Waals surface area contributed by atoms with Crippen molar-refractivity contribution >= 4 is 17.9 Å². The molecule has 0 unspecified atom stereocenters. The minimum Gasteiger partial charge on any atom is -0.444 e. The maximum Gasteiger partial charge on any atom is 0.411 e. The monoisotopic (exact) mass is 247 g/mol. The molecule has 1 heterocycles. The normalized spacial score (nSPS) is 11.8. The van der Waals surface area contributed by atoms with Crippen LogP contribution in [0.25, 0.3) is 5.57 Å². The topological polar surface area (TPSA) is 75.1 Å². The number of alkyl carbamates (subject to hydrolysis) is 1. The molecule has 0 aliphatic carbocycles. The molecule has 0 aromatic carbocycles. The fourth-order valence-corrected chi connectivity index (χ4v) is 1.17. The van der Waals surface area contributed by atoms with Gasteiger partial charge in [0.1, 0.15) is 5.60 Å². The molecule has 0 aliphatic rings. The van der Waals surface area contributed by atoms with Crippen LogP contribution in [0.1, 0.15) is 26.5 Å². The maximum atomic E-state index is 11.4. The fraction of sp³-hybridized carbons (Fsp3) is 0.308. The van der Waals surface area contributed by atoms with Crippen LogP contribution in [-0.4, -0.2) is 22.9 Å². The second kappa shape index (κ2) is 5.95. The third-order valence-electron chi connectivity index (χ3n) is 1.86. The Morgan fingerprint density at radius 2 is 2.17 bits per heavy atom. The van der Waals surface area contributed by atoms with E-state index >= 15 is 0 Å². The molecule has 0 radical (unpaired) electrons. The van der Waals surface area contributed by atoms with Crippen LogP contribution in [0.4, 0.5) is 4.79 Å². The molecule has 2 N–H and O–H groups in total. The average molecular weight is 247 g/mol. The summed E-state index contributed by atoms with van der Waals surface area (Å²) in [5.41, 5.74) is 0.568. The van der Waals surface area contributed by atoms with Crippen molar-refractivity contribution in [2.45, 2.75) is 26.4 Å². The molecule has 5 nitrogen and oxygen atoms in total. The number of hydrogen-bond acceptors (Lipinski definition) is 4. The summed E-state index contributed by atoms with van der Waals surface area (Å²) in [5.74, 6) is 0. The number of nitrogens with one attached hydrogen (secondary N) is 2. The van der Waals surface area contributed by atoms with Crippen LogP contribution in [0.15, 0.2) is 30.6 Å². The summed E-state index contributed by atoms with van der Waals surface area (Å²) in [4.78, 5) is 15.5. The SMILES string of the molecule is CC(C)(C)OC(=O)N/C=C(\C=N)c1ccccn1. The quantitative estimate of drug-likeness (QED) is 0.806. The lowest BCUT2D eigenvalue weighted by Crippen LogP contribution is -2.29. The fourth-order valence-electron chi connectivity index (χ4n) is 1.17. The van der Waals surface area contributed by atoms with E-state index in [1.807, 2.05) is 6.07 Å². The number of ether oxygens (including phenoxy) is 1. The van der Waals surface area contributed by atoms with Crippen LogP contribution in [-0.2, 0) is 4.74 Å². The summed E-state index contributed by atoms with van der Waals surface area (Å²) in [6.45, 7) is 5.35. The predicted molar refractivity (Wildman–Crippen MR) is 70.4 cm³/mol. The summed E-state index contributed by atoms with van der Waals surface area (Å²) >= 11 is 0. The van der Waals surface area contributed by atoms with Crippen molar-refractivity contribution in [3.05, 3.63) is 36.3 Å². The molecule has 5 heteroatoms. The zero-order chi connectivity index (χ0) is 13.6. The van der Waals surface area contributed by atoms with Gasteiger partial charge in [0.2, 0.25) is 0 Å². The van der Waals surface area contributed by atoms with E-state index in [1.165, 1.54) is 6.20 Å². The van der Waals surface area contributed by atoms with E-state index in [1.54, 1.807) is 39.1 Å². The lowest BCUT2D eigenvalue weighted by Gasteiger charge is -2.18. The minimum atomic E-state index is -0.558. The first-order valence-corrected chi connectivity index (χ1v) is 5.54. The number of pyridine rings is 1. The second-order valence-corrected chi connectivity index (χ2v) is 4.61. The van der Waals surface area contributed by atoms with Crippen molar-refractivity contribution in [3.8, 4) is 0 Å². The molecule has 0 spiro atoms. The van der Waals surface area contributed by atoms with Crippen molar-refractivity contribution in [2.24, 2.45) is 0 Å². The molecular formula is C13H17N3O2. The molecular weight excluding hydrogens is 230 g/mol. The number of amides is 1. The Morgan fingerprint density at radius 3 is 2.67 bits per heavy atom. The number of carbonyl (C=O) groups excluding carboxylic acids is 1. The van der Waals surface area contributed by atoms with Crippen LogP contribution in [0.3, 0.4) is 0 Å². The van der Waals surface area contributed by atoms with Gasteiger partial charge >= 0.3 is 6.09 Å². The van der Waals surface area contributed by atoms with E-state index in [4.69, 9.17) is 10.1 Å². The summed E-state index contributed by atoms with van der Waals surface area (Å²) in [6, 6.07) is 5.35. The molecule has 0 aliphatic heterocycles. The van der Waals surface area contributed by atoms with E-state index in [-0.39, 0.29) is 0 Å². The molecule has 1 amide bonds. The zero-order valence-corrected chi connectivity index (χ0v) is 10.7. The third kappa shape index (κ3) is 4.78. The van der Waals surface area contributed by atoms with Gasteiger partial charge in [-0.05, 0) is 32.9 Å². The third-order valence-corrected chi connectivity index (χ3v) is 1.86. The smallest absolute Gasteiger partial charge is 0.411 e. The van der Waals surface area contributed by atoms with Crippen molar-refractivity contribution in [1.82, 2.24) is 10.3 Å². The van der Waals surface area contributed by atoms with Gasteiger partial charge in [-0.3, -0.25) is 10.3 Å². The van der Waals surface area contributed by atoms with Crippen molar-refractivity contribution in [2.75, 3.05) is 0 Å². The van der Waals surface area contributed by atoms with Gasteiger partial charge in [-0.25, -0.2) is 4.79 Å². The van der Waals surface area contributed by atoms with Crippen LogP contribution in [0.5, 0.6) is 0 Å². The molecule has 0 saturated heterocycles. The molecule has 1 aromatic heterocycles. The maximum absolute atomic E-state index is 11.4. The second-order valence-electron chi connectivity index (χ2n) is 4.61. The Bertz CT molecular complexity index is 447. The Hall–Kier alpha value is -2.17. The molecule has 0 saturated carbocycles. The number of rotatable bonds is 3. The van der Waals surface area contributed by atoms with Crippen molar-refractivity contribution in [3.63, 3.8) is 0 Å². The first-order chi connectivity index (χ1) is 8.42. The Balaban J connectivity index is 2.70. The van der Waals surface area contributed by atoms with E-state index < -0.39 is 11.7 Å². The van der Waals surface area contributed by atoms with Gasteiger partial charge in [-0.15, -0.1) is 0 Å². The van der Waals surface area contributed by atoms with Crippen LogP contribution in [0.2, 0.25) is 0 Å². The predicted octanol–water partition coefficient (Wildman–Crippen LogP) is 2.60. The van der Waals surface area contributed by atoms with Gasteiger partial charge in [0.15, 0.2) is 0 Å². The van der Waals surface area contributed by atoms with Gasteiger partial charge in [-0.2, -0.15) is 0 Å². The summed E-state index contributed by atoms with van der Waals surface area (Å²) in [5, 5.41) is 9.77. The number of carbonyl (C=O) groups is 1.